The topological polar surface area (TPSA) is 56.1 Å². The number of hydrogen-bond donors (Lipinski definition) is 1. The Kier molecular flexibility index (Phi) is 5.15. The highest BCUT2D eigenvalue weighted by atomic mass is 16.1. The summed E-state index contributed by atoms with van der Waals surface area (Å²) in [5.74, 6) is 1.06. The second-order valence-electron chi connectivity index (χ2n) is 5.65. The molecule has 0 aromatic rings. The zero-order valence-electron chi connectivity index (χ0n) is 11.0. The first kappa shape index (κ1) is 13.5. The van der Waals surface area contributed by atoms with Gasteiger partial charge in [0.05, 0.1) is 12.6 Å². The number of rotatable bonds is 5. The predicted octanol–water partition coefficient (Wildman–Crippen LogP) is 1.18. The Morgan fingerprint density at radius 3 is 2.72 bits per heavy atom. The Bertz CT molecular complexity index is 305. The molecule has 100 valence electrons. The van der Waals surface area contributed by atoms with Gasteiger partial charge in [0, 0.05) is 18.5 Å². The SMILES string of the molecule is N#CC1CCN(C[C@@H]2CC[C@H](NCC=O)C2)CC1. The molecule has 0 bridgehead atoms. The van der Waals surface area contributed by atoms with Crippen LogP contribution in [-0.4, -0.2) is 43.4 Å². The Balaban J connectivity index is 1.66. The van der Waals surface area contributed by atoms with E-state index >= 15 is 0 Å². The van der Waals surface area contributed by atoms with Crippen molar-refractivity contribution >= 4 is 6.29 Å². The van der Waals surface area contributed by atoms with Gasteiger partial charge in [0.15, 0.2) is 0 Å². The zero-order valence-corrected chi connectivity index (χ0v) is 11.0. The van der Waals surface area contributed by atoms with Crippen LogP contribution in [0.4, 0.5) is 0 Å². The van der Waals surface area contributed by atoms with Gasteiger partial charge < -0.3 is 15.0 Å². The Morgan fingerprint density at radius 2 is 2.06 bits per heavy atom. The largest absolute Gasteiger partial charge is 0.307 e. The van der Waals surface area contributed by atoms with E-state index in [1.807, 2.05) is 0 Å². The third-order valence-corrected chi connectivity index (χ3v) is 4.32. The van der Waals surface area contributed by atoms with E-state index < -0.39 is 0 Å². The van der Waals surface area contributed by atoms with Crippen molar-refractivity contribution < 1.29 is 4.79 Å². The first-order chi connectivity index (χ1) is 8.81. The minimum Gasteiger partial charge on any atom is -0.307 e. The summed E-state index contributed by atoms with van der Waals surface area (Å²) in [6, 6.07) is 2.92. The minimum atomic E-state index is 0.284. The average molecular weight is 249 g/mol. The number of nitrogens with zero attached hydrogens (tertiary/aromatic N) is 2. The van der Waals surface area contributed by atoms with E-state index in [9.17, 15) is 4.79 Å². The van der Waals surface area contributed by atoms with Crippen LogP contribution in [0.1, 0.15) is 32.1 Å². The van der Waals surface area contributed by atoms with Gasteiger partial charge in [-0.15, -0.1) is 0 Å². The molecule has 2 fully saturated rings. The number of nitrogens with one attached hydrogen (secondary N) is 1. The van der Waals surface area contributed by atoms with Gasteiger partial charge in [-0.1, -0.05) is 0 Å². The molecule has 0 spiro atoms. The Labute approximate surface area is 109 Å². The van der Waals surface area contributed by atoms with Crippen LogP contribution < -0.4 is 5.32 Å². The molecule has 0 radical (unpaired) electrons. The molecule has 0 aromatic heterocycles. The lowest BCUT2D eigenvalue weighted by Crippen LogP contribution is -2.37. The second-order valence-corrected chi connectivity index (χ2v) is 5.65. The standard InChI is InChI=1S/C14H23N3O/c15-10-12-3-6-17(7-4-12)11-13-1-2-14(9-13)16-5-8-18/h8,12-14,16H,1-7,9,11H2/t13-,14+/m1/s1. The first-order valence-corrected chi connectivity index (χ1v) is 7.10. The van der Waals surface area contributed by atoms with Crippen molar-refractivity contribution in [2.75, 3.05) is 26.2 Å². The van der Waals surface area contributed by atoms with E-state index in [-0.39, 0.29) is 5.92 Å². The van der Waals surface area contributed by atoms with E-state index in [1.165, 1.54) is 25.8 Å². The minimum absolute atomic E-state index is 0.284. The molecule has 18 heavy (non-hydrogen) atoms. The van der Waals surface area contributed by atoms with Crippen molar-refractivity contribution in [2.45, 2.75) is 38.1 Å². The molecule has 2 rings (SSSR count). The van der Waals surface area contributed by atoms with Crippen LogP contribution in [-0.2, 0) is 4.79 Å². The summed E-state index contributed by atoms with van der Waals surface area (Å²) in [6.45, 7) is 3.84. The van der Waals surface area contributed by atoms with Crippen LogP contribution in [0.2, 0.25) is 0 Å². The Morgan fingerprint density at radius 1 is 1.28 bits per heavy atom. The zero-order chi connectivity index (χ0) is 12.8. The summed E-state index contributed by atoms with van der Waals surface area (Å²) >= 11 is 0. The third kappa shape index (κ3) is 3.79. The van der Waals surface area contributed by atoms with E-state index in [0.717, 1.165) is 38.1 Å². The first-order valence-electron chi connectivity index (χ1n) is 7.10. The third-order valence-electron chi connectivity index (χ3n) is 4.32. The molecule has 1 N–H and O–H groups in total. The van der Waals surface area contributed by atoms with Gasteiger partial charge in [-0.3, -0.25) is 0 Å². The van der Waals surface area contributed by atoms with Gasteiger partial charge in [0.25, 0.3) is 0 Å². The van der Waals surface area contributed by atoms with Crippen molar-refractivity contribution in [3.05, 3.63) is 0 Å². The van der Waals surface area contributed by atoms with Gasteiger partial charge >= 0.3 is 0 Å². The molecular weight excluding hydrogens is 226 g/mol. The summed E-state index contributed by atoms with van der Waals surface area (Å²) in [7, 11) is 0. The van der Waals surface area contributed by atoms with Crippen molar-refractivity contribution in [3.8, 4) is 6.07 Å². The second kappa shape index (κ2) is 6.86. The molecule has 2 aliphatic rings. The number of piperidine rings is 1. The maximum atomic E-state index is 10.3. The van der Waals surface area contributed by atoms with E-state index in [1.54, 1.807) is 0 Å². The molecule has 2 atom stereocenters. The normalized spacial score (nSPS) is 30.2. The van der Waals surface area contributed by atoms with Crippen molar-refractivity contribution in [1.29, 1.82) is 5.26 Å². The summed E-state index contributed by atoms with van der Waals surface area (Å²) in [5, 5.41) is 12.2. The highest BCUT2D eigenvalue weighted by Crippen LogP contribution is 2.27. The Hall–Kier alpha value is -0.920. The molecule has 1 heterocycles. The molecular formula is C14H23N3O. The number of carbonyl (C=O) groups excluding carboxylic acids is 1. The molecule has 1 aliphatic heterocycles. The highest BCUT2D eigenvalue weighted by molar-refractivity contribution is 5.51. The number of nitriles is 1. The van der Waals surface area contributed by atoms with Gasteiger partial charge in [0.2, 0.25) is 0 Å². The summed E-state index contributed by atoms with van der Waals surface area (Å²) < 4.78 is 0. The lowest BCUT2D eigenvalue weighted by atomic mass is 9.97. The van der Waals surface area contributed by atoms with Crippen LogP contribution in [0.25, 0.3) is 0 Å². The summed E-state index contributed by atoms with van der Waals surface area (Å²) in [4.78, 5) is 12.8. The number of aldehydes is 1. The molecule has 0 aromatic carbocycles. The van der Waals surface area contributed by atoms with Crippen molar-refractivity contribution in [1.82, 2.24) is 10.2 Å². The fourth-order valence-corrected chi connectivity index (χ4v) is 3.25. The number of hydrogen-bond acceptors (Lipinski definition) is 4. The van der Waals surface area contributed by atoms with Crippen LogP contribution >= 0.6 is 0 Å². The molecule has 1 saturated carbocycles. The molecule has 4 nitrogen and oxygen atoms in total. The number of carbonyl (C=O) groups is 1. The fourth-order valence-electron chi connectivity index (χ4n) is 3.25. The monoisotopic (exact) mass is 249 g/mol. The van der Waals surface area contributed by atoms with Gasteiger partial charge in [-0.2, -0.15) is 5.26 Å². The maximum absolute atomic E-state index is 10.3. The van der Waals surface area contributed by atoms with Crippen LogP contribution in [0.5, 0.6) is 0 Å². The lowest BCUT2D eigenvalue weighted by Gasteiger charge is -2.31. The van der Waals surface area contributed by atoms with E-state index in [2.05, 4.69) is 16.3 Å². The smallest absolute Gasteiger partial charge is 0.133 e. The summed E-state index contributed by atoms with van der Waals surface area (Å²) in [5.41, 5.74) is 0. The lowest BCUT2D eigenvalue weighted by molar-refractivity contribution is -0.107. The maximum Gasteiger partial charge on any atom is 0.133 e. The molecule has 4 heteroatoms. The van der Waals surface area contributed by atoms with Crippen LogP contribution in [0.15, 0.2) is 0 Å². The number of likely N-dealkylation sites (tertiary alicyclic amines) is 1. The molecule has 0 unspecified atom stereocenters. The van der Waals surface area contributed by atoms with Crippen LogP contribution in [0, 0.1) is 23.2 Å². The van der Waals surface area contributed by atoms with Crippen LogP contribution in [0.3, 0.4) is 0 Å². The highest BCUT2D eigenvalue weighted by Gasteiger charge is 2.27. The van der Waals surface area contributed by atoms with E-state index in [0.29, 0.717) is 12.6 Å². The average Bonchev–Trinajstić information content (AvgIpc) is 2.85. The molecule has 1 aliphatic carbocycles. The van der Waals surface area contributed by atoms with Crippen molar-refractivity contribution in [2.24, 2.45) is 11.8 Å². The molecule has 1 saturated heterocycles. The van der Waals surface area contributed by atoms with Crippen molar-refractivity contribution in [3.63, 3.8) is 0 Å². The van der Waals surface area contributed by atoms with Gasteiger partial charge in [-0.05, 0) is 51.1 Å². The van der Waals surface area contributed by atoms with Gasteiger partial charge in [0.1, 0.15) is 6.29 Å². The molecule has 0 amide bonds. The van der Waals surface area contributed by atoms with E-state index in [4.69, 9.17) is 5.26 Å². The predicted molar refractivity (Wildman–Crippen MR) is 70.0 cm³/mol. The quantitative estimate of drug-likeness (QED) is 0.743. The summed E-state index contributed by atoms with van der Waals surface area (Å²) in [6.07, 6.45) is 6.69. The fraction of sp³-hybridized carbons (Fsp3) is 0.857. The van der Waals surface area contributed by atoms with Gasteiger partial charge in [-0.25, -0.2) is 0 Å².